The van der Waals surface area contributed by atoms with Crippen molar-refractivity contribution in [3.05, 3.63) is 59.4 Å². The summed E-state index contributed by atoms with van der Waals surface area (Å²) in [6, 6.07) is 11.0. The second-order valence-electron chi connectivity index (χ2n) is 8.87. The lowest BCUT2D eigenvalue weighted by atomic mass is 9.83. The van der Waals surface area contributed by atoms with Crippen LogP contribution in [-0.2, 0) is 9.59 Å². The number of hydrogen-bond donors (Lipinski definition) is 2. The van der Waals surface area contributed by atoms with E-state index in [-0.39, 0.29) is 28.8 Å². The minimum absolute atomic E-state index is 0.0564. The number of hydrogen-bond acceptors (Lipinski definition) is 7. The zero-order valence-corrected chi connectivity index (χ0v) is 20.7. The highest BCUT2D eigenvalue weighted by atomic mass is 32.2. The van der Waals surface area contributed by atoms with E-state index in [1.54, 1.807) is 19.3 Å². The van der Waals surface area contributed by atoms with Crippen molar-refractivity contribution in [3.63, 3.8) is 0 Å². The van der Waals surface area contributed by atoms with Gasteiger partial charge >= 0.3 is 5.97 Å². The van der Waals surface area contributed by atoms with Crippen LogP contribution >= 0.6 is 24.0 Å². The van der Waals surface area contributed by atoms with Crippen molar-refractivity contribution in [2.45, 2.75) is 37.2 Å². The predicted molar refractivity (Wildman–Crippen MR) is 137 cm³/mol. The van der Waals surface area contributed by atoms with Crippen molar-refractivity contribution >= 4 is 52.6 Å². The maximum Gasteiger partial charge on any atom is 0.353 e. The molecule has 2 N–H and O–H groups in total. The number of thioether (sulfide) groups is 1. The van der Waals surface area contributed by atoms with Crippen LogP contribution in [0, 0.1) is 5.92 Å². The highest BCUT2D eigenvalue weighted by Crippen LogP contribution is 2.48. The third kappa shape index (κ3) is 4.39. The van der Waals surface area contributed by atoms with Crippen molar-refractivity contribution in [1.29, 1.82) is 0 Å². The van der Waals surface area contributed by atoms with Gasteiger partial charge in [-0.3, -0.25) is 4.79 Å². The molecule has 0 radical (unpaired) electrons. The minimum atomic E-state index is -1.10. The molecule has 2 saturated heterocycles. The number of rotatable bonds is 7. The van der Waals surface area contributed by atoms with E-state index in [1.165, 1.54) is 16.7 Å². The maximum absolute atomic E-state index is 12.7. The predicted octanol–water partition coefficient (Wildman–Crippen LogP) is 2.49. The number of amides is 1. The second-order valence-corrected chi connectivity index (χ2v) is 10.6. The number of aliphatic hydroxyl groups excluding tert-OH is 1. The smallest absolute Gasteiger partial charge is 0.353 e. The average Bonchev–Trinajstić information content (AvgIpc) is 3.20. The van der Waals surface area contributed by atoms with Gasteiger partial charge in [0, 0.05) is 42.1 Å². The van der Waals surface area contributed by atoms with Crippen molar-refractivity contribution in [3.8, 4) is 0 Å². The molecule has 9 nitrogen and oxygen atoms in total. The van der Waals surface area contributed by atoms with Crippen molar-refractivity contribution in [2.75, 3.05) is 22.9 Å². The molecule has 5 rings (SSSR count). The molecular formula is C24H25N5O4S2. The van der Waals surface area contributed by atoms with Crippen LogP contribution in [0.3, 0.4) is 0 Å². The fraction of sp³-hybridized carbons (Fsp3) is 0.375. The molecule has 0 aromatic carbocycles. The lowest BCUT2D eigenvalue weighted by Crippen LogP contribution is -2.59. The van der Waals surface area contributed by atoms with E-state index in [0.717, 1.165) is 0 Å². The Bertz CT molecular complexity index is 1130. The summed E-state index contributed by atoms with van der Waals surface area (Å²) >= 11 is 7.29. The number of carboxylic acids is 1. The van der Waals surface area contributed by atoms with E-state index in [4.69, 9.17) is 12.2 Å². The lowest BCUT2D eigenvalue weighted by Gasteiger charge is -2.43. The molecule has 1 amide bonds. The summed E-state index contributed by atoms with van der Waals surface area (Å²) in [5, 5.41) is 20.3. The van der Waals surface area contributed by atoms with Crippen LogP contribution in [0.5, 0.6) is 0 Å². The number of aromatic nitrogens is 2. The Morgan fingerprint density at radius 3 is 2.23 bits per heavy atom. The standard InChI is InChI=1S/C24H25N5O4S2/c1-14(30)10-16-17-11-18(21(23(32)33)29(17)22(16)31)35-15-12-27(19-6-2-4-8-25-19)24(34)28(13-15)20-7-3-5-9-26-20/h2-9,14-17,30H,10-13H2,1H3,(H,32,33)/t14-,16+,17+/m1/s1. The van der Waals surface area contributed by atoms with Crippen LogP contribution in [-0.4, -0.2) is 72.6 Å². The number of pyridine rings is 2. The maximum atomic E-state index is 12.7. The molecule has 0 bridgehead atoms. The first kappa shape index (κ1) is 23.7. The van der Waals surface area contributed by atoms with E-state index < -0.39 is 12.1 Å². The Hall–Kier alpha value is -3.02. The number of carbonyl (C=O) groups excluding carboxylic acids is 1. The zero-order valence-electron chi connectivity index (χ0n) is 19.0. The van der Waals surface area contributed by atoms with Gasteiger partial charge in [0.25, 0.3) is 0 Å². The zero-order chi connectivity index (χ0) is 24.7. The molecule has 11 heteroatoms. The van der Waals surface area contributed by atoms with Gasteiger partial charge in [-0.1, -0.05) is 12.1 Å². The molecular weight excluding hydrogens is 486 g/mol. The van der Waals surface area contributed by atoms with Gasteiger partial charge in [-0.25, -0.2) is 14.8 Å². The van der Waals surface area contributed by atoms with Crippen molar-refractivity contribution in [1.82, 2.24) is 14.9 Å². The Morgan fingerprint density at radius 1 is 1.14 bits per heavy atom. The van der Waals surface area contributed by atoms with Gasteiger partial charge in [0.15, 0.2) is 5.11 Å². The van der Waals surface area contributed by atoms with Crippen LogP contribution in [0.1, 0.15) is 19.8 Å². The number of carboxylic acid groups (broad SMARTS) is 1. The first-order valence-corrected chi connectivity index (χ1v) is 12.7. The van der Waals surface area contributed by atoms with Gasteiger partial charge in [0.1, 0.15) is 17.3 Å². The fourth-order valence-corrected chi connectivity index (χ4v) is 6.69. The SMILES string of the molecule is C[C@@H](O)C[C@@H]1C(=O)N2C(C(=O)O)=C(SC3CN(c4ccccn4)C(=S)N(c4ccccn4)C3)C[C@@H]12. The number of nitrogens with zero attached hydrogens (tertiary/aromatic N) is 5. The minimum Gasteiger partial charge on any atom is -0.477 e. The van der Waals surface area contributed by atoms with E-state index in [1.807, 2.05) is 46.2 Å². The molecule has 5 heterocycles. The fourth-order valence-electron chi connectivity index (χ4n) is 4.94. The molecule has 3 atom stereocenters. The van der Waals surface area contributed by atoms with E-state index in [0.29, 0.717) is 47.6 Å². The summed E-state index contributed by atoms with van der Waals surface area (Å²) in [6.45, 7) is 2.72. The average molecular weight is 512 g/mol. The Morgan fingerprint density at radius 2 is 1.74 bits per heavy atom. The second kappa shape index (κ2) is 9.56. The number of aliphatic hydroxyl groups is 1. The van der Waals surface area contributed by atoms with Crippen LogP contribution in [0.15, 0.2) is 59.4 Å². The monoisotopic (exact) mass is 511 g/mol. The molecule has 2 fully saturated rings. The molecule has 0 spiro atoms. The largest absolute Gasteiger partial charge is 0.477 e. The molecule has 35 heavy (non-hydrogen) atoms. The Labute approximate surface area is 212 Å². The lowest BCUT2D eigenvalue weighted by molar-refractivity contribution is -0.156. The van der Waals surface area contributed by atoms with E-state index >= 15 is 0 Å². The number of thiocarbonyl (C=S) groups is 1. The van der Waals surface area contributed by atoms with Gasteiger partial charge < -0.3 is 24.9 Å². The molecule has 2 aromatic heterocycles. The van der Waals surface area contributed by atoms with Gasteiger partial charge in [0.2, 0.25) is 5.91 Å². The highest BCUT2D eigenvalue weighted by molar-refractivity contribution is 8.03. The number of β-lactam (4-membered cyclic amide) rings is 1. The third-order valence-electron chi connectivity index (χ3n) is 6.44. The third-order valence-corrected chi connectivity index (χ3v) is 8.16. The van der Waals surface area contributed by atoms with Gasteiger partial charge in [-0.15, -0.1) is 11.8 Å². The molecule has 0 saturated carbocycles. The summed E-state index contributed by atoms with van der Waals surface area (Å²) in [6.07, 6.45) is 3.61. The Balaban J connectivity index is 1.43. The highest BCUT2D eigenvalue weighted by Gasteiger charge is 2.55. The molecule has 182 valence electrons. The first-order valence-electron chi connectivity index (χ1n) is 11.4. The summed E-state index contributed by atoms with van der Waals surface area (Å²) in [4.78, 5) is 39.8. The topological polar surface area (TPSA) is 110 Å². The van der Waals surface area contributed by atoms with Crippen LogP contribution in [0.2, 0.25) is 0 Å². The van der Waals surface area contributed by atoms with Crippen molar-refractivity contribution in [2.24, 2.45) is 5.92 Å². The number of carbonyl (C=O) groups is 2. The summed E-state index contributed by atoms with van der Waals surface area (Å²) < 4.78 is 0. The molecule has 3 aliphatic heterocycles. The number of aliphatic carboxylic acids is 1. The molecule has 0 aliphatic carbocycles. The van der Waals surface area contributed by atoms with Gasteiger partial charge in [0.05, 0.1) is 18.1 Å². The summed E-state index contributed by atoms with van der Waals surface area (Å²) in [5.74, 6) is -0.263. The van der Waals surface area contributed by atoms with E-state index in [9.17, 15) is 19.8 Å². The van der Waals surface area contributed by atoms with E-state index in [2.05, 4.69) is 9.97 Å². The van der Waals surface area contributed by atoms with Crippen LogP contribution in [0.4, 0.5) is 11.6 Å². The molecule has 2 aromatic rings. The summed E-state index contributed by atoms with van der Waals surface area (Å²) in [5.41, 5.74) is 0.0637. The summed E-state index contributed by atoms with van der Waals surface area (Å²) in [7, 11) is 0. The number of fused-ring (bicyclic) bond motifs is 1. The first-order chi connectivity index (χ1) is 16.8. The Kier molecular flexibility index (Phi) is 6.47. The molecule has 3 aliphatic rings. The quantitative estimate of drug-likeness (QED) is 0.425. The van der Waals surface area contributed by atoms with Gasteiger partial charge in [-0.2, -0.15) is 0 Å². The normalized spacial score (nSPS) is 23.4. The van der Waals surface area contributed by atoms with Crippen LogP contribution in [0.25, 0.3) is 0 Å². The van der Waals surface area contributed by atoms with Crippen LogP contribution < -0.4 is 9.80 Å². The van der Waals surface area contributed by atoms with Crippen molar-refractivity contribution < 1.29 is 19.8 Å². The number of anilines is 2. The molecule has 0 unspecified atom stereocenters. The van der Waals surface area contributed by atoms with Gasteiger partial charge in [-0.05, 0) is 49.8 Å².